The molecule has 1 saturated heterocycles. The third kappa shape index (κ3) is 3.80. The van der Waals surface area contributed by atoms with Crippen LogP contribution < -0.4 is 11.3 Å². The highest BCUT2D eigenvalue weighted by atomic mass is 16.2. The summed E-state index contributed by atoms with van der Waals surface area (Å²) in [5.41, 5.74) is 2.60. The molecule has 88 valence electrons. The second-order valence-corrected chi connectivity index (χ2v) is 5.41. The van der Waals surface area contributed by atoms with Crippen LogP contribution in [0.1, 0.15) is 33.6 Å². The van der Waals surface area contributed by atoms with Crippen LogP contribution in [0, 0.1) is 11.3 Å². The third-order valence-electron chi connectivity index (χ3n) is 3.10. The molecule has 3 N–H and O–H groups in total. The van der Waals surface area contributed by atoms with Crippen molar-refractivity contribution in [1.29, 1.82) is 0 Å². The SMILES string of the molecule is CC(CN1CCCC(C)(C)C1)C(=O)NN. The predicted molar refractivity (Wildman–Crippen MR) is 60.9 cm³/mol. The lowest BCUT2D eigenvalue weighted by molar-refractivity contribution is -0.125. The van der Waals surface area contributed by atoms with E-state index in [1.165, 1.54) is 12.8 Å². The molecule has 0 aliphatic carbocycles. The number of amides is 1. The van der Waals surface area contributed by atoms with Crippen LogP contribution in [0.4, 0.5) is 0 Å². The molecule has 1 rings (SSSR count). The van der Waals surface area contributed by atoms with Gasteiger partial charge < -0.3 is 4.90 Å². The first-order valence-electron chi connectivity index (χ1n) is 5.67. The summed E-state index contributed by atoms with van der Waals surface area (Å²) >= 11 is 0. The van der Waals surface area contributed by atoms with E-state index in [1.54, 1.807) is 0 Å². The van der Waals surface area contributed by atoms with Gasteiger partial charge in [-0.1, -0.05) is 20.8 Å². The zero-order chi connectivity index (χ0) is 11.5. The van der Waals surface area contributed by atoms with E-state index in [1.807, 2.05) is 6.92 Å². The minimum absolute atomic E-state index is 0.0242. The van der Waals surface area contributed by atoms with Crippen molar-refractivity contribution in [2.45, 2.75) is 33.6 Å². The molecule has 0 aromatic carbocycles. The number of hydrogen-bond donors (Lipinski definition) is 2. The van der Waals surface area contributed by atoms with Gasteiger partial charge in [0.25, 0.3) is 0 Å². The van der Waals surface area contributed by atoms with Crippen molar-refractivity contribution in [2.24, 2.45) is 17.2 Å². The summed E-state index contributed by atoms with van der Waals surface area (Å²) in [5, 5.41) is 0. The molecule has 0 radical (unpaired) electrons. The molecular weight excluding hydrogens is 190 g/mol. The van der Waals surface area contributed by atoms with E-state index in [9.17, 15) is 4.79 Å². The van der Waals surface area contributed by atoms with Crippen LogP contribution in [0.5, 0.6) is 0 Å². The van der Waals surface area contributed by atoms with E-state index in [4.69, 9.17) is 5.84 Å². The molecule has 15 heavy (non-hydrogen) atoms. The molecule has 1 aliphatic heterocycles. The fourth-order valence-electron chi connectivity index (χ4n) is 2.31. The largest absolute Gasteiger partial charge is 0.302 e. The highest BCUT2D eigenvalue weighted by Gasteiger charge is 2.27. The van der Waals surface area contributed by atoms with Crippen molar-refractivity contribution in [3.05, 3.63) is 0 Å². The number of nitrogens with one attached hydrogen (secondary N) is 1. The van der Waals surface area contributed by atoms with E-state index >= 15 is 0 Å². The van der Waals surface area contributed by atoms with Gasteiger partial charge >= 0.3 is 0 Å². The number of piperidine rings is 1. The number of nitrogens with two attached hydrogens (primary N) is 1. The van der Waals surface area contributed by atoms with Crippen LogP contribution in [0.2, 0.25) is 0 Å². The summed E-state index contributed by atoms with van der Waals surface area (Å²) in [4.78, 5) is 13.6. The van der Waals surface area contributed by atoms with Gasteiger partial charge in [0.1, 0.15) is 0 Å². The lowest BCUT2D eigenvalue weighted by Crippen LogP contribution is -2.45. The average Bonchev–Trinajstić information content (AvgIpc) is 2.14. The molecule has 1 heterocycles. The first kappa shape index (κ1) is 12.5. The van der Waals surface area contributed by atoms with Crippen molar-refractivity contribution in [3.8, 4) is 0 Å². The highest BCUT2D eigenvalue weighted by Crippen LogP contribution is 2.28. The molecule has 0 spiro atoms. The second-order valence-electron chi connectivity index (χ2n) is 5.41. The Hall–Kier alpha value is -0.610. The molecule has 1 unspecified atom stereocenters. The Bertz CT molecular complexity index is 228. The molecule has 1 amide bonds. The van der Waals surface area contributed by atoms with E-state index in [0.717, 1.165) is 19.6 Å². The summed E-state index contributed by atoms with van der Waals surface area (Å²) in [6, 6.07) is 0. The minimum Gasteiger partial charge on any atom is -0.302 e. The summed E-state index contributed by atoms with van der Waals surface area (Å²) in [6.45, 7) is 9.48. The Kier molecular flexibility index (Phi) is 4.11. The number of nitrogens with zero attached hydrogens (tertiary/aromatic N) is 1. The highest BCUT2D eigenvalue weighted by molar-refractivity contribution is 5.77. The minimum atomic E-state index is -0.0709. The number of hydrazine groups is 1. The van der Waals surface area contributed by atoms with Crippen molar-refractivity contribution in [2.75, 3.05) is 19.6 Å². The monoisotopic (exact) mass is 213 g/mol. The smallest absolute Gasteiger partial charge is 0.237 e. The van der Waals surface area contributed by atoms with Gasteiger partial charge in [-0.15, -0.1) is 0 Å². The molecule has 0 aromatic rings. The van der Waals surface area contributed by atoms with Gasteiger partial charge in [0.2, 0.25) is 5.91 Å². The number of likely N-dealkylation sites (tertiary alicyclic amines) is 1. The van der Waals surface area contributed by atoms with Gasteiger partial charge in [-0.2, -0.15) is 0 Å². The van der Waals surface area contributed by atoms with Gasteiger partial charge in [-0.05, 0) is 24.8 Å². The first-order valence-corrected chi connectivity index (χ1v) is 5.67. The molecule has 4 nitrogen and oxygen atoms in total. The van der Waals surface area contributed by atoms with Crippen LogP contribution in [0.15, 0.2) is 0 Å². The van der Waals surface area contributed by atoms with E-state index in [0.29, 0.717) is 5.41 Å². The normalized spacial score (nSPS) is 23.5. The van der Waals surface area contributed by atoms with Gasteiger partial charge in [0.05, 0.1) is 0 Å². The average molecular weight is 213 g/mol. The van der Waals surface area contributed by atoms with Crippen LogP contribution in [-0.2, 0) is 4.79 Å². The van der Waals surface area contributed by atoms with Crippen LogP contribution >= 0.6 is 0 Å². The standard InChI is InChI=1S/C11H23N3O/c1-9(10(15)13-12)7-14-6-4-5-11(2,3)8-14/h9H,4-8,12H2,1-3H3,(H,13,15). The van der Waals surface area contributed by atoms with Crippen LogP contribution in [0.3, 0.4) is 0 Å². The number of rotatable bonds is 3. The lowest BCUT2D eigenvalue weighted by Gasteiger charge is -2.38. The molecule has 1 fully saturated rings. The van der Waals surface area contributed by atoms with Gasteiger partial charge in [0.15, 0.2) is 0 Å². The number of carbonyl (C=O) groups is 1. The quantitative estimate of drug-likeness (QED) is 0.413. The van der Waals surface area contributed by atoms with Crippen molar-refractivity contribution < 1.29 is 4.79 Å². The van der Waals surface area contributed by atoms with Gasteiger partial charge in [0, 0.05) is 19.0 Å². The molecule has 1 aliphatic rings. The molecular formula is C11H23N3O. The summed E-state index contributed by atoms with van der Waals surface area (Å²) in [5.74, 6) is 5.02. The third-order valence-corrected chi connectivity index (χ3v) is 3.10. The Labute approximate surface area is 92.2 Å². The Balaban J connectivity index is 2.41. The first-order chi connectivity index (χ1) is 6.94. The van der Waals surface area contributed by atoms with Crippen molar-refractivity contribution in [3.63, 3.8) is 0 Å². The molecule has 0 aromatic heterocycles. The van der Waals surface area contributed by atoms with E-state index < -0.39 is 0 Å². The number of hydrogen-bond acceptors (Lipinski definition) is 3. The summed E-state index contributed by atoms with van der Waals surface area (Å²) in [7, 11) is 0. The summed E-state index contributed by atoms with van der Waals surface area (Å²) in [6.07, 6.45) is 2.50. The van der Waals surface area contributed by atoms with Crippen molar-refractivity contribution in [1.82, 2.24) is 10.3 Å². The summed E-state index contributed by atoms with van der Waals surface area (Å²) < 4.78 is 0. The fourth-order valence-corrected chi connectivity index (χ4v) is 2.31. The maximum Gasteiger partial charge on any atom is 0.237 e. The lowest BCUT2D eigenvalue weighted by atomic mass is 9.84. The van der Waals surface area contributed by atoms with Gasteiger partial charge in [-0.3, -0.25) is 10.2 Å². The van der Waals surface area contributed by atoms with Crippen molar-refractivity contribution >= 4 is 5.91 Å². The maximum absolute atomic E-state index is 11.3. The topological polar surface area (TPSA) is 58.4 Å². The molecule has 0 saturated carbocycles. The zero-order valence-corrected chi connectivity index (χ0v) is 10.0. The second kappa shape index (κ2) is 4.94. The molecule has 0 bridgehead atoms. The fraction of sp³-hybridized carbons (Fsp3) is 0.909. The Morgan fingerprint density at radius 2 is 2.27 bits per heavy atom. The van der Waals surface area contributed by atoms with Gasteiger partial charge in [-0.25, -0.2) is 5.84 Å². The Morgan fingerprint density at radius 3 is 2.80 bits per heavy atom. The van der Waals surface area contributed by atoms with E-state index in [-0.39, 0.29) is 11.8 Å². The van der Waals surface area contributed by atoms with Crippen LogP contribution in [-0.4, -0.2) is 30.4 Å². The zero-order valence-electron chi connectivity index (χ0n) is 10.0. The maximum atomic E-state index is 11.3. The molecule has 1 atom stereocenters. The number of carbonyl (C=O) groups excluding carboxylic acids is 1. The van der Waals surface area contributed by atoms with E-state index in [2.05, 4.69) is 24.2 Å². The molecule has 4 heteroatoms. The predicted octanol–water partition coefficient (Wildman–Crippen LogP) is 0.734. The Morgan fingerprint density at radius 1 is 1.60 bits per heavy atom. The van der Waals surface area contributed by atoms with Crippen LogP contribution in [0.25, 0.3) is 0 Å².